The Balaban J connectivity index is 2.05. The molecule has 0 aromatic carbocycles. The number of carbonyl (C=O) groups is 1. The van der Waals surface area contributed by atoms with E-state index in [0.717, 1.165) is 32.1 Å². The Kier molecular flexibility index (Phi) is 4.81. The third kappa shape index (κ3) is 3.35. The van der Waals surface area contributed by atoms with Gasteiger partial charge in [0, 0.05) is 9.75 Å². The molecule has 1 heterocycles. The normalized spacial score (nSPS) is 24.7. The van der Waals surface area contributed by atoms with E-state index in [0.29, 0.717) is 5.92 Å². The smallest absolute Gasteiger partial charge is 0.306 e. The number of hydrogen-bond donors (Lipinski definition) is 1. The molecule has 1 aromatic rings. The van der Waals surface area contributed by atoms with Gasteiger partial charge in [0.2, 0.25) is 0 Å². The molecule has 1 aliphatic carbocycles. The van der Waals surface area contributed by atoms with Crippen LogP contribution in [0.15, 0.2) is 12.1 Å². The van der Waals surface area contributed by atoms with Gasteiger partial charge in [-0.25, -0.2) is 0 Å². The van der Waals surface area contributed by atoms with Crippen molar-refractivity contribution < 1.29 is 9.90 Å². The van der Waals surface area contributed by atoms with Gasteiger partial charge in [-0.1, -0.05) is 26.2 Å². The lowest BCUT2D eigenvalue weighted by atomic mass is 9.85. The first-order valence-corrected chi connectivity index (χ1v) is 7.82. The maximum Gasteiger partial charge on any atom is 0.306 e. The largest absolute Gasteiger partial charge is 0.481 e. The molecular formula is C15H22O2S. The van der Waals surface area contributed by atoms with Gasteiger partial charge in [0.15, 0.2) is 0 Å². The first-order valence-electron chi connectivity index (χ1n) is 7.01. The average molecular weight is 266 g/mol. The van der Waals surface area contributed by atoms with Crippen LogP contribution in [-0.4, -0.2) is 11.1 Å². The lowest BCUT2D eigenvalue weighted by Crippen LogP contribution is -2.24. The van der Waals surface area contributed by atoms with Crippen molar-refractivity contribution in [2.75, 3.05) is 0 Å². The Morgan fingerprint density at radius 2 is 2.00 bits per heavy atom. The lowest BCUT2D eigenvalue weighted by molar-refractivity contribution is -0.143. The molecule has 0 aliphatic heterocycles. The predicted octanol–water partition coefficient (Wildman–Crippen LogP) is 4.13. The maximum atomic E-state index is 11.4. The molecule has 2 unspecified atom stereocenters. The molecule has 0 amide bonds. The molecule has 1 aromatic heterocycles. The first-order chi connectivity index (χ1) is 8.70. The number of aryl methyl sites for hydroxylation is 1. The fourth-order valence-corrected chi connectivity index (χ4v) is 3.99. The van der Waals surface area contributed by atoms with E-state index in [4.69, 9.17) is 0 Å². The predicted molar refractivity (Wildman–Crippen MR) is 75.1 cm³/mol. The van der Waals surface area contributed by atoms with E-state index >= 15 is 0 Å². The summed E-state index contributed by atoms with van der Waals surface area (Å²) in [7, 11) is 0. The van der Waals surface area contributed by atoms with Crippen molar-refractivity contribution in [3.63, 3.8) is 0 Å². The summed E-state index contributed by atoms with van der Waals surface area (Å²) in [6, 6.07) is 4.37. The fraction of sp³-hybridized carbons (Fsp3) is 0.667. The summed E-state index contributed by atoms with van der Waals surface area (Å²) in [5.41, 5.74) is 0. The van der Waals surface area contributed by atoms with Crippen LogP contribution in [0, 0.1) is 11.8 Å². The molecule has 2 rings (SSSR count). The van der Waals surface area contributed by atoms with E-state index in [9.17, 15) is 9.90 Å². The van der Waals surface area contributed by atoms with E-state index < -0.39 is 5.97 Å². The number of carboxylic acid groups (broad SMARTS) is 1. The summed E-state index contributed by atoms with van der Waals surface area (Å²) in [6.45, 7) is 2.17. The van der Waals surface area contributed by atoms with Crippen molar-refractivity contribution in [3.8, 4) is 0 Å². The van der Waals surface area contributed by atoms with Crippen LogP contribution in [0.3, 0.4) is 0 Å². The molecule has 3 heteroatoms. The Labute approximate surface area is 113 Å². The Morgan fingerprint density at radius 1 is 1.28 bits per heavy atom. The molecule has 18 heavy (non-hydrogen) atoms. The molecule has 1 saturated carbocycles. The van der Waals surface area contributed by atoms with E-state index in [1.54, 1.807) is 0 Å². The highest BCUT2D eigenvalue weighted by atomic mass is 32.1. The maximum absolute atomic E-state index is 11.4. The topological polar surface area (TPSA) is 37.3 Å². The Morgan fingerprint density at radius 3 is 2.67 bits per heavy atom. The summed E-state index contributed by atoms with van der Waals surface area (Å²) in [5.74, 6) is -0.373. The standard InChI is InChI=1S/C15H22O2S/c1-2-12-8-9-13(18-12)10-11-6-4-3-5-7-14(11)15(16)17/h8-9,11,14H,2-7,10H2,1H3,(H,16,17). The first kappa shape index (κ1) is 13.6. The molecule has 2 atom stereocenters. The van der Waals surface area contributed by atoms with Crippen molar-refractivity contribution >= 4 is 17.3 Å². The number of thiophene rings is 1. The van der Waals surface area contributed by atoms with Crippen LogP contribution in [0.25, 0.3) is 0 Å². The average Bonchev–Trinajstić information content (AvgIpc) is 2.66. The molecule has 2 nitrogen and oxygen atoms in total. The Bertz CT molecular complexity index is 397. The number of aliphatic carboxylic acids is 1. The summed E-state index contributed by atoms with van der Waals surface area (Å²) in [5, 5.41) is 9.37. The summed E-state index contributed by atoms with van der Waals surface area (Å²) in [4.78, 5) is 14.1. The van der Waals surface area contributed by atoms with Crippen molar-refractivity contribution in [3.05, 3.63) is 21.9 Å². The van der Waals surface area contributed by atoms with E-state index in [1.165, 1.54) is 22.6 Å². The minimum Gasteiger partial charge on any atom is -0.481 e. The molecule has 1 aliphatic rings. The van der Waals surface area contributed by atoms with Crippen LogP contribution in [0.1, 0.15) is 48.8 Å². The molecule has 1 N–H and O–H groups in total. The van der Waals surface area contributed by atoms with Gasteiger partial charge in [-0.15, -0.1) is 11.3 Å². The van der Waals surface area contributed by atoms with Crippen LogP contribution < -0.4 is 0 Å². The number of hydrogen-bond acceptors (Lipinski definition) is 2. The van der Waals surface area contributed by atoms with Gasteiger partial charge in [-0.3, -0.25) is 4.79 Å². The van der Waals surface area contributed by atoms with Gasteiger partial charge in [-0.05, 0) is 43.7 Å². The second-order valence-corrected chi connectivity index (χ2v) is 6.52. The summed E-state index contributed by atoms with van der Waals surface area (Å²) < 4.78 is 0. The molecule has 1 fully saturated rings. The third-order valence-corrected chi connectivity index (χ3v) is 5.26. The third-order valence-electron chi connectivity index (χ3n) is 4.01. The van der Waals surface area contributed by atoms with Crippen molar-refractivity contribution in [2.45, 2.75) is 51.9 Å². The fourth-order valence-electron chi connectivity index (χ4n) is 2.93. The van der Waals surface area contributed by atoms with Crippen LogP contribution in [0.4, 0.5) is 0 Å². The van der Waals surface area contributed by atoms with Crippen molar-refractivity contribution in [2.24, 2.45) is 11.8 Å². The van der Waals surface area contributed by atoms with Crippen molar-refractivity contribution in [1.29, 1.82) is 0 Å². The minimum atomic E-state index is -0.589. The second kappa shape index (κ2) is 6.37. The van der Waals surface area contributed by atoms with Crippen molar-refractivity contribution in [1.82, 2.24) is 0 Å². The summed E-state index contributed by atoms with van der Waals surface area (Å²) in [6.07, 6.45) is 7.46. The zero-order valence-electron chi connectivity index (χ0n) is 11.0. The van der Waals surface area contributed by atoms with E-state index in [-0.39, 0.29) is 5.92 Å². The number of rotatable bonds is 4. The molecular weight excluding hydrogens is 244 g/mol. The highest BCUT2D eigenvalue weighted by Crippen LogP contribution is 2.33. The SMILES string of the molecule is CCc1ccc(CC2CCCCCC2C(=O)O)s1. The van der Waals surface area contributed by atoms with Gasteiger partial charge >= 0.3 is 5.97 Å². The van der Waals surface area contributed by atoms with Gasteiger partial charge < -0.3 is 5.11 Å². The van der Waals surface area contributed by atoms with Crippen LogP contribution in [0.2, 0.25) is 0 Å². The minimum absolute atomic E-state index is 0.125. The zero-order chi connectivity index (χ0) is 13.0. The monoisotopic (exact) mass is 266 g/mol. The molecule has 0 radical (unpaired) electrons. The van der Waals surface area contributed by atoms with Crippen LogP contribution >= 0.6 is 11.3 Å². The summed E-state index contributed by atoms with van der Waals surface area (Å²) >= 11 is 1.85. The van der Waals surface area contributed by atoms with Crippen LogP contribution in [-0.2, 0) is 17.6 Å². The van der Waals surface area contributed by atoms with E-state index in [1.807, 2.05) is 11.3 Å². The van der Waals surface area contributed by atoms with Gasteiger partial charge in [0.05, 0.1) is 5.92 Å². The quantitative estimate of drug-likeness (QED) is 0.832. The van der Waals surface area contributed by atoms with Crippen LogP contribution in [0.5, 0.6) is 0 Å². The molecule has 0 bridgehead atoms. The molecule has 100 valence electrons. The lowest BCUT2D eigenvalue weighted by Gasteiger charge is -2.20. The second-order valence-electron chi connectivity index (χ2n) is 5.27. The van der Waals surface area contributed by atoms with Gasteiger partial charge in [-0.2, -0.15) is 0 Å². The highest BCUT2D eigenvalue weighted by molar-refractivity contribution is 7.11. The van der Waals surface area contributed by atoms with Gasteiger partial charge in [0.25, 0.3) is 0 Å². The molecule has 0 spiro atoms. The number of carboxylic acids is 1. The van der Waals surface area contributed by atoms with E-state index in [2.05, 4.69) is 19.1 Å². The molecule has 0 saturated heterocycles. The Hall–Kier alpha value is -0.830. The zero-order valence-corrected chi connectivity index (χ0v) is 11.8. The highest BCUT2D eigenvalue weighted by Gasteiger charge is 2.29. The van der Waals surface area contributed by atoms with Gasteiger partial charge in [0.1, 0.15) is 0 Å².